The first-order valence-electron chi connectivity index (χ1n) is 7.43. The minimum absolute atomic E-state index is 0.0839. The van der Waals surface area contributed by atoms with Crippen molar-refractivity contribution in [3.05, 3.63) is 29.8 Å². The lowest BCUT2D eigenvalue weighted by Gasteiger charge is -2.30. The van der Waals surface area contributed by atoms with Gasteiger partial charge in [0.15, 0.2) is 0 Å². The lowest BCUT2D eigenvalue weighted by atomic mass is 9.97. The van der Waals surface area contributed by atoms with Gasteiger partial charge in [0.2, 0.25) is 5.91 Å². The molecule has 1 aromatic carbocycles. The summed E-state index contributed by atoms with van der Waals surface area (Å²) in [6.45, 7) is 2.60. The number of nitrogens with one attached hydrogen (secondary N) is 1. The number of carboxylic acids is 1. The Morgan fingerprint density at radius 2 is 1.95 bits per heavy atom. The molecule has 2 N–H and O–H groups in total. The van der Waals surface area contributed by atoms with Gasteiger partial charge >= 0.3 is 5.97 Å². The van der Waals surface area contributed by atoms with E-state index in [9.17, 15) is 14.4 Å². The number of hydrogen-bond donors (Lipinski definition) is 2. The molecule has 0 radical (unpaired) electrons. The third kappa shape index (κ3) is 3.84. The van der Waals surface area contributed by atoms with Crippen molar-refractivity contribution in [1.82, 2.24) is 4.90 Å². The highest BCUT2D eigenvalue weighted by Crippen LogP contribution is 2.19. The first-order chi connectivity index (χ1) is 10.5. The predicted octanol–water partition coefficient (Wildman–Crippen LogP) is 1.97. The minimum Gasteiger partial charge on any atom is -0.481 e. The first-order valence-corrected chi connectivity index (χ1v) is 7.43. The number of anilines is 1. The normalized spacial score (nSPS) is 17.9. The van der Waals surface area contributed by atoms with E-state index in [2.05, 4.69) is 5.32 Å². The highest BCUT2D eigenvalue weighted by Gasteiger charge is 2.28. The summed E-state index contributed by atoms with van der Waals surface area (Å²) in [6.07, 6.45) is 1.71. The van der Waals surface area contributed by atoms with Gasteiger partial charge in [-0.15, -0.1) is 0 Å². The van der Waals surface area contributed by atoms with Crippen LogP contribution in [-0.4, -0.2) is 40.9 Å². The van der Waals surface area contributed by atoms with E-state index in [4.69, 9.17) is 5.11 Å². The van der Waals surface area contributed by atoms with Crippen LogP contribution in [0.1, 0.15) is 36.5 Å². The molecular weight excluding hydrogens is 284 g/mol. The average Bonchev–Trinajstić information content (AvgIpc) is 2.55. The summed E-state index contributed by atoms with van der Waals surface area (Å²) in [4.78, 5) is 36.4. The molecule has 0 aliphatic carbocycles. The van der Waals surface area contributed by atoms with E-state index in [-0.39, 0.29) is 18.4 Å². The van der Waals surface area contributed by atoms with Gasteiger partial charge in [0.05, 0.1) is 5.92 Å². The van der Waals surface area contributed by atoms with E-state index in [0.29, 0.717) is 37.1 Å². The van der Waals surface area contributed by atoms with Crippen LogP contribution >= 0.6 is 0 Å². The van der Waals surface area contributed by atoms with Crippen molar-refractivity contribution in [2.75, 3.05) is 18.4 Å². The maximum atomic E-state index is 12.4. The lowest BCUT2D eigenvalue weighted by Crippen LogP contribution is -2.42. The molecule has 6 heteroatoms. The summed E-state index contributed by atoms with van der Waals surface area (Å²) in [7, 11) is 0. The molecule has 0 spiro atoms. The zero-order valence-corrected chi connectivity index (χ0v) is 12.5. The fourth-order valence-corrected chi connectivity index (χ4v) is 2.49. The second-order valence-electron chi connectivity index (χ2n) is 5.41. The number of hydrogen-bond acceptors (Lipinski definition) is 3. The molecule has 22 heavy (non-hydrogen) atoms. The quantitative estimate of drug-likeness (QED) is 0.890. The molecule has 0 saturated carbocycles. The van der Waals surface area contributed by atoms with Crippen LogP contribution in [-0.2, 0) is 9.59 Å². The molecule has 0 aromatic heterocycles. The number of carbonyl (C=O) groups is 3. The van der Waals surface area contributed by atoms with Gasteiger partial charge in [0, 0.05) is 30.8 Å². The summed E-state index contributed by atoms with van der Waals surface area (Å²) in [6, 6.07) is 6.66. The summed E-state index contributed by atoms with van der Waals surface area (Å²) >= 11 is 0. The molecule has 1 unspecified atom stereocenters. The number of amides is 2. The van der Waals surface area contributed by atoms with Crippen molar-refractivity contribution < 1.29 is 19.5 Å². The van der Waals surface area contributed by atoms with Gasteiger partial charge in [0.1, 0.15) is 0 Å². The third-order valence-electron chi connectivity index (χ3n) is 3.79. The molecule has 0 bridgehead atoms. The molecule has 118 valence electrons. The molecular formula is C16H20N2O4. The number of carboxylic acid groups (broad SMARTS) is 1. The Kier molecular flexibility index (Phi) is 5.14. The van der Waals surface area contributed by atoms with Gasteiger partial charge < -0.3 is 15.3 Å². The van der Waals surface area contributed by atoms with Crippen LogP contribution in [0.4, 0.5) is 5.69 Å². The highest BCUT2D eigenvalue weighted by molar-refractivity contribution is 5.96. The SMILES string of the molecule is CCC(=O)Nc1ccc(C(=O)N2CCCC(C(=O)O)C2)cc1. The summed E-state index contributed by atoms with van der Waals surface area (Å²) in [5, 5.41) is 11.8. The number of benzene rings is 1. The van der Waals surface area contributed by atoms with Crippen LogP contribution in [0.2, 0.25) is 0 Å². The molecule has 1 aliphatic rings. The van der Waals surface area contributed by atoms with Crippen molar-refractivity contribution in [1.29, 1.82) is 0 Å². The number of nitrogens with zero attached hydrogens (tertiary/aromatic N) is 1. The van der Waals surface area contributed by atoms with Gasteiger partial charge in [-0.25, -0.2) is 0 Å². The molecule has 2 amide bonds. The standard InChI is InChI=1S/C16H20N2O4/c1-2-14(19)17-13-7-5-11(6-8-13)15(20)18-9-3-4-12(10-18)16(21)22/h5-8,12H,2-4,9-10H2,1H3,(H,17,19)(H,21,22). The Morgan fingerprint density at radius 1 is 1.27 bits per heavy atom. The van der Waals surface area contributed by atoms with Crippen LogP contribution in [0, 0.1) is 5.92 Å². The van der Waals surface area contributed by atoms with Crippen molar-refractivity contribution >= 4 is 23.5 Å². The highest BCUT2D eigenvalue weighted by atomic mass is 16.4. The fraction of sp³-hybridized carbons (Fsp3) is 0.438. The number of piperidine rings is 1. The van der Waals surface area contributed by atoms with Crippen LogP contribution in [0.15, 0.2) is 24.3 Å². The van der Waals surface area contributed by atoms with Gasteiger partial charge in [-0.2, -0.15) is 0 Å². The Labute approximate surface area is 129 Å². The molecule has 1 fully saturated rings. The number of aliphatic carboxylic acids is 1. The average molecular weight is 304 g/mol. The maximum absolute atomic E-state index is 12.4. The zero-order chi connectivity index (χ0) is 16.1. The van der Waals surface area contributed by atoms with E-state index in [0.717, 1.165) is 0 Å². The maximum Gasteiger partial charge on any atom is 0.308 e. The van der Waals surface area contributed by atoms with Crippen molar-refractivity contribution in [2.45, 2.75) is 26.2 Å². The van der Waals surface area contributed by atoms with Gasteiger partial charge in [0.25, 0.3) is 5.91 Å². The van der Waals surface area contributed by atoms with E-state index in [1.54, 1.807) is 36.1 Å². The summed E-state index contributed by atoms with van der Waals surface area (Å²) in [5.41, 5.74) is 1.14. The van der Waals surface area contributed by atoms with Gasteiger partial charge in [-0.3, -0.25) is 14.4 Å². The van der Waals surface area contributed by atoms with Crippen LogP contribution in [0.5, 0.6) is 0 Å². The molecule has 2 rings (SSSR count). The van der Waals surface area contributed by atoms with Crippen LogP contribution in [0.25, 0.3) is 0 Å². The molecule has 1 aliphatic heterocycles. The van der Waals surface area contributed by atoms with E-state index >= 15 is 0 Å². The van der Waals surface area contributed by atoms with E-state index in [1.165, 1.54) is 0 Å². The second kappa shape index (κ2) is 7.06. The van der Waals surface area contributed by atoms with Crippen LogP contribution < -0.4 is 5.32 Å². The fourth-order valence-electron chi connectivity index (χ4n) is 2.49. The van der Waals surface area contributed by atoms with Gasteiger partial charge in [-0.1, -0.05) is 6.92 Å². The monoisotopic (exact) mass is 304 g/mol. The lowest BCUT2D eigenvalue weighted by molar-refractivity contribution is -0.143. The molecule has 1 saturated heterocycles. The van der Waals surface area contributed by atoms with Crippen LogP contribution in [0.3, 0.4) is 0 Å². The van der Waals surface area contributed by atoms with Crippen molar-refractivity contribution in [3.63, 3.8) is 0 Å². The minimum atomic E-state index is -0.852. The van der Waals surface area contributed by atoms with Gasteiger partial charge in [-0.05, 0) is 37.1 Å². The third-order valence-corrected chi connectivity index (χ3v) is 3.79. The Hall–Kier alpha value is -2.37. The Balaban J connectivity index is 2.03. The zero-order valence-electron chi connectivity index (χ0n) is 12.5. The largest absolute Gasteiger partial charge is 0.481 e. The Bertz CT molecular complexity index is 568. The first kappa shape index (κ1) is 16.0. The van der Waals surface area contributed by atoms with Crippen molar-refractivity contribution in [3.8, 4) is 0 Å². The smallest absolute Gasteiger partial charge is 0.308 e. The topological polar surface area (TPSA) is 86.7 Å². The number of carbonyl (C=O) groups excluding carboxylic acids is 2. The molecule has 1 aromatic rings. The molecule has 1 heterocycles. The number of rotatable bonds is 4. The van der Waals surface area contributed by atoms with E-state index < -0.39 is 11.9 Å². The number of likely N-dealkylation sites (tertiary alicyclic amines) is 1. The Morgan fingerprint density at radius 3 is 2.55 bits per heavy atom. The summed E-state index contributed by atoms with van der Waals surface area (Å²) in [5.74, 6) is -1.59. The molecule has 6 nitrogen and oxygen atoms in total. The predicted molar refractivity (Wildman–Crippen MR) is 81.6 cm³/mol. The molecule has 1 atom stereocenters. The summed E-state index contributed by atoms with van der Waals surface area (Å²) < 4.78 is 0. The second-order valence-corrected chi connectivity index (χ2v) is 5.41. The van der Waals surface area contributed by atoms with Crippen molar-refractivity contribution in [2.24, 2.45) is 5.92 Å². The van der Waals surface area contributed by atoms with E-state index in [1.807, 2.05) is 0 Å².